The second kappa shape index (κ2) is 6.10. The Balaban J connectivity index is 2.56. The van der Waals surface area contributed by atoms with Crippen LogP contribution < -0.4 is 0 Å². The number of imide groups is 1. The van der Waals surface area contributed by atoms with Gasteiger partial charge in [0.2, 0.25) is 0 Å². The van der Waals surface area contributed by atoms with E-state index in [0.717, 1.165) is 25.9 Å². The molecule has 0 bridgehead atoms. The van der Waals surface area contributed by atoms with Crippen LogP contribution in [0.15, 0.2) is 0 Å². The van der Waals surface area contributed by atoms with E-state index in [1.54, 1.807) is 7.05 Å². The first-order valence-electron chi connectivity index (χ1n) is 5.61. The highest BCUT2D eigenvalue weighted by Crippen LogP contribution is 2.23. The van der Waals surface area contributed by atoms with Gasteiger partial charge in [0, 0.05) is 20.1 Å². The molecule has 5 nitrogen and oxygen atoms in total. The lowest BCUT2D eigenvalue weighted by Gasteiger charge is -2.23. The molecule has 1 aliphatic heterocycles. The maximum Gasteiger partial charge on any atom is 0.338 e. The van der Waals surface area contributed by atoms with Crippen LogP contribution >= 0.6 is 12.1 Å². The van der Waals surface area contributed by atoms with Crippen LogP contribution in [0, 0.1) is 0 Å². The van der Waals surface area contributed by atoms with E-state index in [4.69, 9.17) is 0 Å². The van der Waals surface area contributed by atoms with Crippen LogP contribution in [0.3, 0.4) is 0 Å². The molecule has 1 heterocycles. The second-order valence-electron chi connectivity index (χ2n) is 3.84. The number of hydrogen-bond donors (Lipinski definition) is 0. The molecule has 16 heavy (non-hydrogen) atoms. The molecule has 0 aromatic rings. The summed E-state index contributed by atoms with van der Waals surface area (Å²) in [7, 11) is 1.64. The van der Waals surface area contributed by atoms with Crippen LogP contribution in [0.2, 0.25) is 0 Å². The van der Waals surface area contributed by atoms with Crippen molar-refractivity contribution in [3.05, 3.63) is 0 Å². The van der Waals surface area contributed by atoms with Crippen molar-refractivity contribution in [2.45, 2.75) is 26.7 Å². The fourth-order valence-electron chi connectivity index (χ4n) is 1.48. The first-order valence-corrected chi connectivity index (χ1v) is 6.34. The predicted octanol–water partition coefficient (Wildman–Crippen LogP) is 1.57. The van der Waals surface area contributed by atoms with Crippen LogP contribution in [0.25, 0.3) is 0 Å². The van der Waals surface area contributed by atoms with Gasteiger partial charge in [-0.25, -0.2) is 9.10 Å². The molecule has 0 aromatic carbocycles. The smallest absolute Gasteiger partial charge is 0.317 e. The zero-order chi connectivity index (χ0) is 12.1. The highest BCUT2D eigenvalue weighted by molar-refractivity contribution is 7.95. The Bertz CT molecular complexity index is 267. The van der Waals surface area contributed by atoms with Gasteiger partial charge in [-0.15, -0.1) is 0 Å². The number of rotatable bonds is 6. The van der Waals surface area contributed by atoms with Crippen molar-refractivity contribution in [1.29, 1.82) is 0 Å². The summed E-state index contributed by atoms with van der Waals surface area (Å²) in [6.45, 7) is 6.14. The van der Waals surface area contributed by atoms with Crippen LogP contribution in [-0.2, 0) is 4.79 Å². The van der Waals surface area contributed by atoms with E-state index in [1.807, 2.05) is 0 Å². The van der Waals surface area contributed by atoms with Gasteiger partial charge in [-0.2, -0.15) is 4.31 Å². The fourth-order valence-corrected chi connectivity index (χ4v) is 2.60. The molecular formula is C10H19N3O2S. The minimum absolute atomic E-state index is 0.130. The number of likely N-dealkylation sites (N-methyl/N-ethyl adjacent to an activating group) is 1. The summed E-state index contributed by atoms with van der Waals surface area (Å²) in [5, 5.41) is 0. The number of nitrogens with zero attached hydrogens (tertiary/aromatic N) is 3. The number of urea groups is 1. The molecule has 6 heteroatoms. The summed E-state index contributed by atoms with van der Waals surface area (Å²) in [6, 6.07) is -0.216. The molecule has 0 saturated carbocycles. The van der Waals surface area contributed by atoms with Crippen molar-refractivity contribution in [3.8, 4) is 0 Å². The summed E-state index contributed by atoms with van der Waals surface area (Å²) in [6.07, 6.45) is 2.03. The molecule has 0 aliphatic carbocycles. The molecule has 0 spiro atoms. The SMILES string of the molecule is CCCN(CCC)SN1C(=O)CN(C)C1=O. The monoisotopic (exact) mass is 245 g/mol. The lowest BCUT2D eigenvalue weighted by Crippen LogP contribution is -2.31. The van der Waals surface area contributed by atoms with E-state index >= 15 is 0 Å². The first kappa shape index (κ1) is 13.3. The third kappa shape index (κ3) is 3.12. The van der Waals surface area contributed by atoms with Crippen molar-refractivity contribution in [2.24, 2.45) is 0 Å². The number of carbonyl (C=O) groups excluding carboxylic acids is 2. The molecule has 3 amide bonds. The minimum atomic E-state index is -0.216. The molecule has 1 rings (SSSR count). The predicted molar refractivity (Wildman–Crippen MR) is 64.6 cm³/mol. The standard InChI is InChI=1S/C10H19N3O2S/c1-4-6-12(7-5-2)16-13-9(14)8-11(3)10(13)15/h4-8H2,1-3H3. The van der Waals surface area contributed by atoms with Crippen LogP contribution in [0.4, 0.5) is 4.79 Å². The van der Waals surface area contributed by atoms with Crippen molar-refractivity contribution >= 4 is 24.1 Å². The number of amides is 3. The molecule has 0 radical (unpaired) electrons. The quantitative estimate of drug-likeness (QED) is 0.526. The lowest BCUT2D eigenvalue weighted by atomic mass is 10.4. The van der Waals surface area contributed by atoms with Gasteiger partial charge in [0.25, 0.3) is 5.91 Å². The number of hydrogen-bond acceptors (Lipinski definition) is 4. The Morgan fingerprint density at radius 1 is 1.25 bits per heavy atom. The molecule has 92 valence electrons. The lowest BCUT2D eigenvalue weighted by molar-refractivity contribution is -0.121. The van der Waals surface area contributed by atoms with Crippen LogP contribution in [0.1, 0.15) is 26.7 Å². The van der Waals surface area contributed by atoms with Gasteiger partial charge in [0.05, 0.1) is 12.1 Å². The summed E-state index contributed by atoms with van der Waals surface area (Å²) in [4.78, 5) is 24.6. The molecule has 1 fully saturated rings. The maximum absolute atomic E-state index is 11.6. The van der Waals surface area contributed by atoms with E-state index in [9.17, 15) is 9.59 Å². The van der Waals surface area contributed by atoms with Crippen molar-refractivity contribution < 1.29 is 9.59 Å². The summed E-state index contributed by atoms with van der Waals surface area (Å²) < 4.78 is 3.32. The topological polar surface area (TPSA) is 43.9 Å². The van der Waals surface area contributed by atoms with Gasteiger partial charge < -0.3 is 4.90 Å². The van der Waals surface area contributed by atoms with E-state index in [1.165, 1.54) is 21.3 Å². The number of carbonyl (C=O) groups is 2. The van der Waals surface area contributed by atoms with E-state index in [0.29, 0.717) is 0 Å². The molecule has 1 saturated heterocycles. The zero-order valence-corrected chi connectivity index (χ0v) is 10.9. The Kier molecular flexibility index (Phi) is 5.08. The first-order chi connectivity index (χ1) is 7.60. The average Bonchev–Trinajstić information content (AvgIpc) is 2.46. The molecule has 0 N–H and O–H groups in total. The minimum Gasteiger partial charge on any atom is -0.317 e. The van der Waals surface area contributed by atoms with E-state index in [2.05, 4.69) is 18.2 Å². The van der Waals surface area contributed by atoms with Gasteiger partial charge in [-0.1, -0.05) is 13.8 Å². The van der Waals surface area contributed by atoms with Crippen molar-refractivity contribution in [3.63, 3.8) is 0 Å². The van der Waals surface area contributed by atoms with E-state index in [-0.39, 0.29) is 18.5 Å². The third-order valence-electron chi connectivity index (χ3n) is 2.24. The highest BCUT2D eigenvalue weighted by Gasteiger charge is 2.35. The Morgan fingerprint density at radius 2 is 1.81 bits per heavy atom. The normalized spacial score (nSPS) is 16.8. The molecule has 0 atom stereocenters. The van der Waals surface area contributed by atoms with Gasteiger partial charge in [-0.3, -0.25) is 4.79 Å². The molecule has 1 aliphatic rings. The van der Waals surface area contributed by atoms with Crippen LogP contribution in [0.5, 0.6) is 0 Å². The van der Waals surface area contributed by atoms with E-state index < -0.39 is 0 Å². The highest BCUT2D eigenvalue weighted by atomic mass is 32.2. The summed E-state index contributed by atoms with van der Waals surface area (Å²) in [5.74, 6) is -0.130. The van der Waals surface area contributed by atoms with Gasteiger partial charge in [0.1, 0.15) is 6.54 Å². The average molecular weight is 245 g/mol. The summed E-state index contributed by atoms with van der Waals surface area (Å²) >= 11 is 1.25. The largest absolute Gasteiger partial charge is 0.338 e. The molecular weight excluding hydrogens is 226 g/mol. The Hall–Kier alpha value is -0.750. The fraction of sp³-hybridized carbons (Fsp3) is 0.800. The third-order valence-corrected chi connectivity index (χ3v) is 3.36. The van der Waals surface area contributed by atoms with Gasteiger partial charge in [-0.05, 0) is 12.8 Å². The van der Waals surface area contributed by atoms with Gasteiger partial charge >= 0.3 is 6.03 Å². The Labute approximate surface area is 101 Å². The van der Waals surface area contributed by atoms with Crippen molar-refractivity contribution in [1.82, 2.24) is 13.5 Å². The van der Waals surface area contributed by atoms with Crippen molar-refractivity contribution in [2.75, 3.05) is 26.7 Å². The Morgan fingerprint density at radius 3 is 2.19 bits per heavy atom. The zero-order valence-electron chi connectivity index (χ0n) is 10.1. The maximum atomic E-state index is 11.6. The molecule has 0 unspecified atom stereocenters. The molecule has 0 aromatic heterocycles. The summed E-state index contributed by atoms with van der Waals surface area (Å²) in [5.41, 5.74) is 0. The van der Waals surface area contributed by atoms with Gasteiger partial charge in [0.15, 0.2) is 0 Å². The van der Waals surface area contributed by atoms with Crippen LogP contribution in [-0.4, -0.2) is 52.1 Å². The second-order valence-corrected chi connectivity index (χ2v) is 4.88.